The molecule has 1 aliphatic carbocycles. The molecule has 0 atom stereocenters. The normalized spacial score (nSPS) is 17.0. The van der Waals surface area contributed by atoms with Gasteiger partial charge in [0, 0.05) is 25.2 Å². The SMILES string of the molecule is O=C(O)C1(Cc2nc(Cc3cccnc3)no2)CCCC1. The van der Waals surface area contributed by atoms with Gasteiger partial charge >= 0.3 is 5.97 Å². The molecule has 0 aromatic carbocycles. The van der Waals surface area contributed by atoms with Gasteiger partial charge in [-0.25, -0.2) is 0 Å². The molecule has 21 heavy (non-hydrogen) atoms. The molecule has 0 saturated heterocycles. The molecular weight excluding hydrogens is 270 g/mol. The van der Waals surface area contributed by atoms with E-state index in [0.29, 0.717) is 37.4 Å². The minimum absolute atomic E-state index is 0.322. The number of nitrogens with zero attached hydrogens (tertiary/aromatic N) is 3. The van der Waals surface area contributed by atoms with Crippen molar-refractivity contribution in [3.05, 3.63) is 41.8 Å². The summed E-state index contributed by atoms with van der Waals surface area (Å²) in [5, 5.41) is 13.4. The van der Waals surface area contributed by atoms with Crippen molar-refractivity contribution in [2.45, 2.75) is 38.5 Å². The summed E-state index contributed by atoms with van der Waals surface area (Å²) < 4.78 is 5.23. The van der Waals surface area contributed by atoms with E-state index in [1.165, 1.54) is 0 Å². The van der Waals surface area contributed by atoms with Crippen LogP contribution in [0.25, 0.3) is 0 Å². The Morgan fingerprint density at radius 3 is 2.86 bits per heavy atom. The van der Waals surface area contributed by atoms with E-state index in [1.807, 2.05) is 12.1 Å². The molecule has 110 valence electrons. The van der Waals surface area contributed by atoms with Crippen LogP contribution in [0.2, 0.25) is 0 Å². The maximum Gasteiger partial charge on any atom is 0.310 e. The number of aromatic nitrogens is 3. The largest absolute Gasteiger partial charge is 0.481 e. The maximum absolute atomic E-state index is 11.5. The van der Waals surface area contributed by atoms with Gasteiger partial charge in [0.05, 0.1) is 5.41 Å². The van der Waals surface area contributed by atoms with Crippen LogP contribution in [-0.2, 0) is 17.6 Å². The van der Waals surface area contributed by atoms with Crippen molar-refractivity contribution in [1.29, 1.82) is 0 Å². The first-order chi connectivity index (χ1) is 10.2. The Hall–Kier alpha value is -2.24. The van der Waals surface area contributed by atoms with Gasteiger partial charge in [0.1, 0.15) is 0 Å². The molecule has 1 saturated carbocycles. The predicted octanol–water partition coefficient (Wildman–Crippen LogP) is 2.24. The molecule has 0 radical (unpaired) electrons. The van der Waals surface area contributed by atoms with Crippen LogP contribution in [0.15, 0.2) is 29.0 Å². The number of carboxylic acid groups (broad SMARTS) is 1. The van der Waals surface area contributed by atoms with Crippen molar-refractivity contribution in [3.63, 3.8) is 0 Å². The molecule has 0 spiro atoms. The van der Waals surface area contributed by atoms with Gasteiger partial charge in [-0.3, -0.25) is 9.78 Å². The lowest BCUT2D eigenvalue weighted by atomic mass is 9.83. The number of hydrogen-bond donors (Lipinski definition) is 1. The molecule has 6 nitrogen and oxygen atoms in total. The summed E-state index contributed by atoms with van der Waals surface area (Å²) in [5.74, 6) is 0.224. The van der Waals surface area contributed by atoms with E-state index in [2.05, 4.69) is 15.1 Å². The van der Waals surface area contributed by atoms with Crippen LogP contribution in [0.4, 0.5) is 0 Å². The fraction of sp³-hybridized carbons (Fsp3) is 0.467. The molecule has 2 aromatic rings. The first kappa shape index (κ1) is 13.7. The van der Waals surface area contributed by atoms with Crippen molar-refractivity contribution in [1.82, 2.24) is 15.1 Å². The van der Waals surface area contributed by atoms with Crippen molar-refractivity contribution >= 4 is 5.97 Å². The molecular formula is C15H17N3O3. The molecule has 0 bridgehead atoms. The van der Waals surface area contributed by atoms with Gasteiger partial charge < -0.3 is 9.63 Å². The smallest absolute Gasteiger partial charge is 0.310 e. The van der Waals surface area contributed by atoms with E-state index in [0.717, 1.165) is 18.4 Å². The summed E-state index contributed by atoms with van der Waals surface area (Å²) in [5.41, 5.74) is 0.275. The Balaban J connectivity index is 1.72. The Morgan fingerprint density at radius 2 is 2.19 bits per heavy atom. The third kappa shape index (κ3) is 2.94. The standard InChI is InChI=1S/C15H17N3O3/c19-14(20)15(5-1-2-6-15)9-13-17-12(18-21-13)8-11-4-3-7-16-10-11/h3-4,7,10H,1-2,5-6,8-9H2,(H,19,20). The van der Waals surface area contributed by atoms with Gasteiger partial charge in [0.2, 0.25) is 5.89 Å². The first-order valence-electron chi connectivity index (χ1n) is 7.12. The number of rotatable bonds is 5. The summed E-state index contributed by atoms with van der Waals surface area (Å²) in [6, 6.07) is 3.80. The minimum Gasteiger partial charge on any atom is -0.481 e. The van der Waals surface area contributed by atoms with Gasteiger partial charge in [0.25, 0.3) is 0 Å². The predicted molar refractivity (Wildman–Crippen MR) is 73.6 cm³/mol. The van der Waals surface area contributed by atoms with E-state index in [9.17, 15) is 9.90 Å². The molecule has 0 unspecified atom stereocenters. The molecule has 0 amide bonds. The second-order valence-corrected chi connectivity index (χ2v) is 5.61. The quantitative estimate of drug-likeness (QED) is 0.907. The van der Waals surface area contributed by atoms with E-state index >= 15 is 0 Å². The van der Waals surface area contributed by atoms with Crippen LogP contribution < -0.4 is 0 Å². The van der Waals surface area contributed by atoms with Crippen LogP contribution in [0, 0.1) is 5.41 Å². The highest BCUT2D eigenvalue weighted by atomic mass is 16.5. The molecule has 1 aliphatic rings. The molecule has 2 aromatic heterocycles. The zero-order valence-electron chi connectivity index (χ0n) is 11.7. The highest BCUT2D eigenvalue weighted by molar-refractivity contribution is 5.75. The highest BCUT2D eigenvalue weighted by Gasteiger charge is 2.42. The van der Waals surface area contributed by atoms with Crippen molar-refractivity contribution in [2.24, 2.45) is 5.41 Å². The first-order valence-corrected chi connectivity index (χ1v) is 7.12. The van der Waals surface area contributed by atoms with Crippen LogP contribution in [-0.4, -0.2) is 26.2 Å². The van der Waals surface area contributed by atoms with Crippen molar-refractivity contribution in [2.75, 3.05) is 0 Å². The monoisotopic (exact) mass is 287 g/mol. The topological polar surface area (TPSA) is 89.1 Å². The minimum atomic E-state index is -0.757. The zero-order valence-corrected chi connectivity index (χ0v) is 11.7. The van der Waals surface area contributed by atoms with E-state index in [1.54, 1.807) is 12.4 Å². The lowest BCUT2D eigenvalue weighted by Crippen LogP contribution is -2.30. The number of carboxylic acids is 1. The van der Waals surface area contributed by atoms with Gasteiger partial charge in [-0.15, -0.1) is 0 Å². The summed E-state index contributed by atoms with van der Waals surface area (Å²) in [6.07, 6.45) is 7.59. The average Bonchev–Trinajstić information content (AvgIpc) is 3.11. The highest BCUT2D eigenvalue weighted by Crippen LogP contribution is 2.40. The van der Waals surface area contributed by atoms with Gasteiger partial charge in [-0.2, -0.15) is 4.98 Å². The fourth-order valence-electron chi connectivity index (χ4n) is 2.93. The number of carbonyl (C=O) groups is 1. The van der Waals surface area contributed by atoms with Crippen LogP contribution in [0.5, 0.6) is 0 Å². The number of hydrogen-bond acceptors (Lipinski definition) is 5. The van der Waals surface area contributed by atoms with Crippen molar-refractivity contribution < 1.29 is 14.4 Å². The number of aliphatic carboxylic acids is 1. The summed E-state index contributed by atoms with van der Waals surface area (Å²) >= 11 is 0. The molecule has 2 heterocycles. The summed E-state index contributed by atoms with van der Waals surface area (Å²) in [7, 11) is 0. The Morgan fingerprint density at radius 1 is 1.38 bits per heavy atom. The van der Waals surface area contributed by atoms with Gasteiger partial charge in [0.15, 0.2) is 5.82 Å². The van der Waals surface area contributed by atoms with Crippen molar-refractivity contribution in [3.8, 4) is 0 Å². The Labute approximate surface area is 122 Å². The maximum atomic E-state index is 11.5. The van der Waals surface area contributed by atoms with Gasteiger partial charge in [-0.05, 0) is 24.5 Å². The van der Waals surface area contributed by atoms with E-state index in [-0.39, 0.29) is 0 Å². The Bertz CT molecular complexity index is 618. The van der Waals surface area contributed by atoms with Crippen LogP contribution in [0.3, 0.4) is 0 Å². The lowest BCUT2D eigenvalue weighted by Gasteiger charge is -2.21. The molecule has 1 fully saturated rings. The van der Waals surface area contributed by atoms with Crippen LogP contribution >= 0.6 is 0 Å². The third-order valence-corrected chi connectivity index (χ3v) is 4.10. The zero-order chi connectivity index (χ0) is 14.7. The fourth-order valence-corrected chi connectivity index (χ4v) is 2.93. The van der Waals surface area contributed by atoms with Crippen LogP contribution in [0.1, 0.15) is 43.0 Å². The molecule has 1 N–H and O–H groups in total. The second kappa shape index (κ2) is 5.63. The summed E-state index contributed by atoms with van der Waals surface area (Å²) in [4.78, 5) is 19.9. The molecule has 6 heteroatoms. The summed E-state index contributed by atoms with van der Waals surface area (Å²) in [6.45, 7) is 0. The third-order valence-electron chi connectivity index (χ3n) is 4.10. The lowest BCUT2D eigenvalue weighted by molar-refractivity contribution is -0.148. The Kier molecular flexibility index (Phi) is 3.68. The van der Waals surface area contributed by atoms with E-state index < -0.39 is 11.4 Å². The second-order valence-electron chi connectivity index (χ2n) is 5.61. The molecule has 3 rings (SSSR count). The van der Waals surface area contributed by atoms with Gasteiger partial charge in [-0.1, -0.05) is 24.1 Å². The average molecular weight is 287 g/mol. The number of pyridine rings is 1. The van der Waals surface area contributed by atoms with E-state index in [4.69, 9.17) is 4.52 Å². The molecule has 0 aliphatic heterocycles.